The number of nitrogens with zero attached hydrogens (tertiary/aromatic N) is 3. The highest BCUT2D eigenvalue weighted by Crippen LogP contribution is 2.03. The summed E-state index contributed by atoms with van der Waals surface area (Å²) in [5.74, 6) is 0. The Balaban J connectivity index is 2.31. The van der Waals surface area contributed by atoms with Crippen LogP contribution in [0.1, 0.15) is 13.8 Å². The van der Waals surface area contributed by atoms with Gasteiger partial charge in [-0.25, -0.2) is 0 Å². The van der Waals surface area contributed by atoms with Gasteiger partial charge in [-0.3, -0.25) is 4.68 Å². The molecule has 0 aromatic carbocycles. The van der Waals surface area contributed by atoms with Gasteiger partial charge in [-0.1, -0.05) is 0 Å². The largest absolute Gasteiger partial charge is 0.396 e. The van der Waals surface area contributed by atoms with Crippen LogP contribution in [-0.4, -0.2) is 45.5 Å². The molecule has 0 amide bonds. The van der Waals surface area contributed by atoms with E-state index >= 15 is 0 Å². The number of aliphatic hydroxyl groups is 1. The van der Waals surface area contributed by atoms with Gasteiger partial charge in [-0.05, 0) is 20.9 Å². The lowest BCUT2D eigenvalue weighted by molar-refractivity contribution is 0.0435. The number of rotatable bonds is 5. The first-order valence-electron chi connectivity index (χ1n) is 5.06. The molecule has 0 atom stereocenters. The molecule has 0 spiro atoms. The van der Waals surface area contributed by atoms with Gasteiger partial charge >= 0.3 is 0 Å². The van der Waals surface area contributed by atoms with Gasteiger partial charge in [-0.2, -0.15) is 5.10 Å². The van der Waals surface area contributed by atoms with Gasteiger partial charge in [0.05, 0.1) is 24.0 Å². The Morgan fingerprint density at radius 2 is 2.27 bits per heavy atom. The van der Waals surface area contributed by atoms with Crippen LogP contribution in [0.25, 0.3) is 0 Å². The lowest BCUT2D eigenvalue weighted by Crippen LogP contribution is -2.37. The molecule has 0 fully saturated rings. The van der Waals surface area contributed by atoms with Crippen LogP contribution in [-0.2, 0) is 6.54 Å². The molecular weight excluding hydrogens is 192 g/mol. The highest BCUT2D eigenvalue weighted by atomic mass is 16.3. The van der Waals surface area contributed by atoms with Gasteiger partial charge in [0, 0.05) is 19.3 Å². The molecule has 0 saturated carbocycles. The predicted molar refractivity (Wildman–Crippen MR) is 60.4 cm³/mol. The Bertz CT molecular complexity index is 303. The molecule has 0 radical (unpaired) electrons. The number of nitrogens with two attached hydrogens (primary N) is 1. The fourth-order valence-corrected chi connectivity index (χ4v) is 1.51. The minimum atomic E-state index is -0.655. The first-order chi connectivity index (χ1) is 6.87. The normalized spacial score (nSPS) is 12.3. The minimum Gasteiger partial charge on any atom is -0.396 e. The van der Waals surface area contributed by atoms with Crippen molar-refractivity contribution < 1.29 is 5.11 Å². The van der Waals surface area contributed by atoms with Crippen LogP contribution in [0.5, 0.6) is 0 Å². The molecule has 3 N–H and O–H groups in total. The van der Waals surface area contributed by atoms with Crippen molar-refractivity contribution in [1.29, 1.82) is 0 Å². The molecule has 0 saturated heterocycles. The van der Waals surface area contributed by atoms with Crippen LogP contribution >= 0.6 is 0 Å². The summed E-state index contributed by atoms with van der Waals surface area (Å²) in [6.45, 7) is 5.86. The molecule has 0 unspecified atom stereocenters. The Morgan fingerprint density at radius 3 is 2.73 bits per heavy atom. The summed E-state index contributed by atoms with van der Waals surface area (Å²) in [4.78, 5) is 2.07. The van der Waals surface area contributed by atoms with Gasteiger partial charge < -0.3 is 15.7 Å². The molecule has 1 aromatic heterocycles. The number of nitrogen functional groups attached to an aromatic ring is 1. The van der Waals surface area contributed by atoms with E-state index in [1.807, 2.05) is 7.05 Å². The Kier molecular flexibility index (Phi) is 3.71. The second-order valence-electron chi connectivity index (χ2n) is 4.59. The highest BCUT2D eigenvalue weighted by molar-refractivity contribution is 5.30. The summed E-state index contributed by atoms with van der Waals surface area (Å²) >= 11 is 0. The average molecular weight is 212 g/mol. The van der Waals surface area contributed by atoms with Crippen LogP contribution in [0, 0.1) is 0 Å². The van der Waals surface area contributed by atoms with Crippen molar-refractivity contribution in [1.82, 2.24) is 14.7 Å². The molecule has 0 aliphatic heterocycles. The molecule has 1 heterocycles. The third-order valence-corrected chi connectivity index (χ3v) is 2.02. The second kappa shape index (κ2) is 4.63. The summed E-state index contributed by atoms with van der Waals surface area (Å²) < 4.78 is 1.80. The van der Waals surface area contributed by atoms with Gasteiger partial charge in [-0.15, -0.1) is 0 Å². The third kappa shape index (κ3) is 4.80. The molecule has 1 aromatic rings. The number of aromatic nitrogens is 2. The van der Waals surface area contributed by atoms with Crippen LogP contribution in [0.15, 0.2) is 12.4 Å². The van der Waals surface area contributed by atoms with E-state index < -0.39 is 5.60 Å². The minimum absolute atomic E-state index is 0.643. The van der Waals surface area contributed by atoms with Crippen LogP contribution in [0.2, 0.25) is 0 Å². The fraction of sp³-hybridized carbons (Fsp3) is 0.700. The van der Waals surface area contributed by atoms with E-state index in [0.29, 0.717) is 12.2 Å². The van der Waals surface area contributed by atoms with E-state index in [1.165, 1.54) is 0 Å². The predicted octanol–water partition coefficient (Wildman–Crippen LogP) is 0.168. The summed E-state index contributed by atoms with van der Waals surface area (Å²) in [5, 5.41) is 13.7. The second-order valence-corrected chi connectivity index (χ2v) is 4.59. The molecule has 1 rings (SSSR count). The smallest absolute Gasteiger partial charge is 0.0719 e. The Hall–Kier alpha value is -1.07. The van der Waals surface area contributed by atoms with Gasteiger partial charge in [0.2, 0.25) is 0 Å². The Labute approximate surface area is 90.5 Å². The lowest BCUT2D eigenvalue weighted by atomic mass is 10.1. The van der Waals surface area contributed by atoms with Crippen molar-refractivity contribution in [3.8, 4) is 0 Å². The standard InChI is InChI=1S/C10H20N4O/c1-10(2,15)8-13(3)4-5-14-7-9(11)6-12-14/h6-7,15H,4-5,8,11H2,1-3H3. The first-order valence-corrected chi connectivity index (χ1v) is 5.06. The van der Waals surface area contributed by atoms with E-state index in [-0.39, 0.29) is 0 Å². The van der Waals surface area contributed by atoms with Crippen molar-refractivity contribution in [2.75, 3.05) is 25.9 Å². The van der Waals surface area contributed by atoms with Crippen LogP contribution in [0.4, 0.5) is 5.69 Å². The molecule has 0 aliphatic carbocycles. The molecule has 5 nitrogen and oxygen atoms in total. The lowest BCUT2D eigenvalue weighted by Gasteiger charge is -2.25. The maximum absolute atomic E-state index is 9.61. The average Bonchev–Trinajstić information content (AvgIpc) is 2.45. The van der Waals surface area contributed by atoms with Crippen molar-refractivity contribution in [2.24, 2.45) is 0 Å². The van der Waals surface area contributed by atoms with Crippen molar-refractivity contribution >= 4 is 5.69 Å². The monoisotopic (exact) mass is 212 g/mol. The molecular formula is C10H20N4O. The van der Waals surface area contributed by atoms with E-state index in [2.05, 4.69) is 10.00 Å². The summed E-state index contributed by atoms with van der Waals surface area (Å²) in [6, 6.07) is 0. The number of likely N-dealkylation sites (N-methyl/N-ethyl adjacent to an activating group) is 1. The number of hydrogen-bond acceptors (Lipinski definition) is 4. The van der Waals surface area contributed by atoms with E-state index in [9.17, 15) is 5.11 Å². The molecule has 15 heavy (non-hydrogen) atoms. The Morgan fingerprint density at radius 1 is 1.60 bits per heavy atom. The van der Waals surface area contributed by atoms with Gasteiger partial charge in [0.25, 0.3) is 0 Å². The van der Waals surface area contributed by atoms with Gasteiger partial charge in [0.1, 0.15) is 0 Å². The highest BCUT2D eigenvalue weighted by Gasteiger charge is 2.15. The maximum atomic E-state index is 9.61. The van der Waals surface area contributed by atoms with Crippen molar-refractivity contribution in [3.63, 3.8) is 0 Å². The fourth-order valence-electron chi connectivity index (χ4n) is 1.51. The molecule has 86 valence electrons. The number of anilines is 1. The molecule has 5 heteroatoms. The number of hydrogen-bond donors (Lipinski definition) is 2. The van der Waals surface area contributed by atoms with Gasteiger partial charge in [0.15, 0.2) is 0 Å². The van der Waals surface area contributed by atoms with E-state index in [1.54, 1.807) is 30.9 Å². The summed E-state index contributed by atoms with van der Waals surface area (Å²) in [5.41, 5.74) is 5.58. The zero-order chi connectivity index (χ0) is 11.5. The summed E-state index contributed by atoms with van der Waals surface area (Å²) in [7, 11) is 1.98. The maximum Gasteiger partial charge on any atom is 0.0719 e. The first kappa shape index (κ1) is 12.0. The molecule has 0 aliphatic rings. The van der Waals surface area contributed by atoms with Crippen LogP contribution < -0.4 is 5.73 Å². The molecule has 0 bridgehead atoms. The topological polar surface area (TPSA) is 67.3 Å². The SMILES string of the molecule is CN(CCn1cc(N)cn1)CC(C)(C)O. The third-order valence-electron chi connectivity index (χ3n) is 2.02. The van der Waals surface area contributed by atoms with Crippen LogP contribution in [0.3, 0.4) is 0 Å². The van der Waals surface area contributed by atoms with Crippen molar-refractivity contribution in [3.05, 3.63) is 12.4 Å². The zero-order valence-corrected chi connectivity index (χ0v) is 9.64. The summed E-state index contributed by atoms with van der Waals surface area (Å²) in [6.07, 6.45) is 3.44. The quantitative estimate of drug-likeness (QED) is 0.730. The zero-order valence-electron chi connectivity index (χ0n) is 9.64. The van der Waals surface area contributed by atoms with E-state index in [4.69, 9.17) is 5.73 Å². The van der Waals surface area contributed by atoms with Crippen molar-refractivity contribution in [2.45, 2.75) is 26.0 Å². The van der Waals surface area contributed by atoms with E-state index in [0.717, 1.165) is 13.1 Å².